The second-order valence-corrected chi connectivity index (χ2v) is 10.6. The summed E-state index contributed by atoms with van der Waals surface area (Å²) in [6.07, 6.45) is 6.54. The van der Waals surface area contributed by atoms with Gasteiger partial charge in [-0.05, 0) is 37.1 Å². The van der Waals surface area contributed by atoms with E-state index in [1.807, 2.05) is 36.7 Å². The van der Waals surface area contributed by atoms with E-state index in [-0.39, 0.29) is 0 Å². The molecule has 0 atom stereocenters. The van der Waals surface area contributed by atoms with Crippen LogP contribution in [0.4, 0.5) is 16.4 Å². The molecule has 5 aromatic rings. The van der Waals surface area contributed by atoms with Crippen LogP contribution in [0.5, 0.6) is 0 Å². The monoisotopic (exact) mass is 564 g/mol. The number of hydrogen-bond acceptors (Lipinski definition) is 8. The number of carbonyl (C=O) groups is 1. The van der Waals surface area contributed by atoms with Gasteiger partial charge in [-0.2, -0.15) is 0 Å². The third-order valence-corrected chi connectivity index (χ3v) is 8.05. The minimum Gasteiger partial charge on any atom is -0.465 e. The SMILES string of the molecule is O=C(O)N1CCN(c2ccc(-c3cnc(N4CCOCC4)c4nc(CCc5ccc6ccccc6n5)cn34)cn2)CC1. The number of rotatable bonds is 6. The standard InChI is InChI=1S/C31H32N8O3/c40-31(41)38-13-11-36(12-14-38)28-10-6-23(19-32-28)27-20-33-29(37-15-17-42-18-16-37)30-35-25(21-39(27)30)9-8-24-7-5-22-3-1-2-4-26(22)34-24/h1-7,10,19-21H,8-9,11-18H2,(H,40,41). The second kappa shape index (κ2) is 11.2. The van der Waals surface area contributed by atoms with Crippen LogP contribution >= 0.6 is 0 Å². The number of aryl methyl sites for hydroxylation is 2. The van der Waals surface area contributed by atoms with Gasteiger partial charge in [0, 0.05) is 68.3 Å². The molecule has 1 N–H and O–H groups in total. The maximum atomic E-state index is 11.3. The molecule has 2 aliphatic heterocycles. The summed E-state index contributed by atoms with van der Waals surface area (Å²) in [7, 11) is 0. The number of pyridine rings is 2. The Kier molecular flexibility index (Phi) is 7.00. The van der Waals surface area contributed by atoms with E-state index in [4.69, 9.17) is 24.7 Å². The highest BCUT2D eigenvalue weighted by Crippen LogP contribution is 2.28. The lowest BCUT2D eigenvalue weighted by Gasteiger charge is -2.33. The van der Waals surface area contributed by atoms with Crippen LogP contribution in [0.3, 0.4) is 0 Å². The van der Waals surface area contributed by atoms with Crippen LogP contribution in [-0.4, -0.2) is 92.9 Å². The summed E-state index contributed by atoms with van der Waals surface area (Å²) < 4.78 is 7.71. The number of piperazine rings is 1. The summed E-state index contributed by atoms with van der Waals surface area (Å²) in [5.41, 5.74) is 5.71. The van der Waals surface area contributed by atoms with Gasteiger partial charge in [-0.1, -0.05) is 24.3 Å². The van der Waals surface area contributed by atoms with E-state index in [2.05, 4.69) is 44.7 Å². The summed E-state index contributed by atoms with van der Waals surface area (Å²) in [6.45, 7) is 5.07. The molecule has 1 amide bonds. The second-order valence-electron chi connectivity index (χ2n) is 10.6. The van der Waals surface area contributed by atoms with Crippen molar-refractivity contribution in [1.82, 2.24) is 29.2 Å². The third kappa shape index (κ3) is 5.18. The minimum atomic E-state index is -0.872. The molecule has 2 fully saturated rings. The Morgan fingerprint density at radius 1 is 0.810 bits per heavy atom. The highest BCUT2D eigenvalue weighted by molar-refractivity contribution is 5.78. The average Bonchev–Trinajstić information content (AvgIpc) is 3.48. The Bertz CT molecular complexity index is 1720. The molecule has 0 saturated carbocycles. The lowest BCUT2D eigenvalue weighted by Crippen LogP contribution is -2.48. The molecule has 7 rings (SSSR count). The molecule has 0 spiro atoms. The van der Waals surface area contributed by atoms with Crippen molar-refractivity contribution in [1.29, 1.82) is 0 Å². The van der Waals surface area contributed by atoms with Gasteiger partial charge in [-0.15, -0.1) is 0 Å². The molecule has 0 aliphatic carbocycles. The van der Waals surface area contributed by atoms with Crippen LogP contribution in [0.25, 0.3) is 27.8 Å². The van der Waals surface area contributed by atoms with Gasteiger partial charge in [0.1, 0.15) is 5.82 Å². The highest BCUT2D eigenvalue weighted by atomic mass is 16.5. The maximum Gasteiger partial charge on any atom is 0.407 e. The molecule has 2 aliphatic rings. The molecule has 11 nitrogen and oxygen atoms in total. The van der Waals surface area contributed by atoms with Crippen molar-refractivity contribution in [2.75, 3.05) is 62.3 Å². The topological polar surface area (TPSA) is 112 Å². The number of nitrogens with zero attached hydrogens (tertiary/aromatic N) is 8. The Morgan fingerprint density at radius 3 is 2.40 bits per heavy atom. The fourth-order valence-electron chi connectivity index (χ4n) is 5.70. The zero-order chi connectivity index (χ0) is 28.5. The van der Waals surface area contributed by atoms with Gasteiger partial charge >= 0.3 is 6.09 Å². The average molecular weight is 565 g/mol. The van der Waals surface area contributed by atoms with Gasteiger partial charge in [-0.25, -0.2) is 19.7 Å². The number of imidazole rings is 1. The van der Waals surface area contributed by atoms with Gasteiger partial charge in [-0.3, -0.25) is 9.38 Å². The van der Waals surface area contributed by atoms with E-state index >= 15 is 0 Å². The zero-order valence-electron chi connectivity index (χ0n) is 23.3. The Balaban J connectivity index is 1.17. The largest absolute Gasteiger partial charge is 0.465 e. The molecule has 0 unspecified atom stereocenters. The molecule has 0 bridgehead atoms. The predicted octanol–water partition coefficient (Wildman–Crippen LogP) is 3.76. The van der Waals surface area contributed by atoms with E-state index in [1.165, 1.54) is 4.90 Å². The summed E-state index contributed by atoms with van der Waals surface area (Å²) in [6, 6.07) is 16.4. The smallest absolute Gasteiger partial charge is 0.407 e. The van der Waals surface area contributed by atoms with Gasteiger partial charge in [0.25, 0.3) is 0 Å². The molecule has 6 heterocycles. The van der Waals surface area contributed by atoms with Crippen LogP contribution in [0.1, 0.15) is 11.4 Å². The number of aromatic nitrogens is 5. The van der Waals surface area contributed by atoms with Crippen molar-refractivity contribution < 1.29 is 14.6 Å². The number of para-hydroxylation sites is 1. The summed E-state index contributed by atoms with van der Waals surface area (Å²) in [4.78, 5) is 36.6. The fourth-order valence-corrected chi connectivity index (χ4v) is 5.70. The van der Waals surface area contributed by atoms with Crippen LogP contribution in [0.15, 0.2) is 67.1 Å². The number of carboxylic acid groups (broad SMARTS) is 1. The minimum absolute atomic E-state index is 0.471. The molecule has 42 heavy (non-hydrogen) atoms. The van der Waals surface area contributed by atoms with Crippen LogP contribution < -0.4 is 9.80 Å². The molecular weight excluding hydrogens is 532 g/mol. The number of fused-ring (bicyclic) bond motifs is 2. The third-order valence-electron chi connectivity index (χ3n) is 8.05. The molecular formula is C31H32N8O3. The van der Waals surface area contributed by atoms with Gasteiger partial charge in [0.2, 0.25) is 0 Å². The van der Waals surface area contributed by atoms with Crippen molar-refractivity contribution >= 4 is 34.3 Å². The summed E-state index contributed by atoms with van der Waals surface area (Å²) in [5, 5.41) is 10.4. The van der Waals surface area contributed by atoms with Crippen molar-refractivity contribution in [3.05, 3.63) is 78.5 Å². The lowest BCUT2D eigenvalue weighted by molar-refractivity contribution is 0.122. The molecule has 4 aromatic heterocycles. The van der Waals surface area contributed by atoms with Gasteiger partial charge in [0.05, 0.1) is 36.3 Å². The lowest BCUT2D eigenvalue weighted by atomic mass is 10.1. The molecule has 1 aromatic carbocycles. The number of amides is 1. The Labute approximate surface area is 243 Å². The fraction of sp³-hybridized carbons (Fsp3) is 0.323. The first-order valence-electron chi connectivity index (χ1n) is 14.4. The highest BCUT2D eigenvalue weighted by Gasteiger charge is 2.22. The van der Waals surface area contributed by atoms with Crippen LogP contribution in [0, 0.1) is 0 Å². The van der Waals surface area contributed by atoms with Crippen molar-refractivity contribution in [3.63, 3.8) is 0 Å². The van der Waals surface area contributed by atoms with Crippen LogP contribution in [0.2, 0.25) is 0 Å². The van der Waals surface area contributed by atoms with Crippen molar-refractivity contribution in [2.24, 2.45) is 0 Å². The van der Waals surface area contributed by atoms with Crippen molar-refractivity contribution in [3.8, 4) is 11.3 Å². The first kappa shape index (κ1) is 26.1. The first-order valence-corrected chi connectivity index (χ1v) is 14.4. The van der Waals surface area contributed by atoms with E-state index in [0.717, 1.165) is 76.8 Å². The van der Waals surface area contributed by atoms with E-state index in [1.54, 1.807) is 0 Å². The Morgan fingerprint density at radius 2 is 1.62 bits per heavy atom. The van der Waals surface area contributed by atoms with Crippen LogP contribution in [-0.2, 0) is 17.6 Å². The maximum absolute atomic E-state index is 11.3. The molecule has 214 valence electrons. The quantitative estimate of drug-likeness (QED) is 0.329. The summed E-state index contributed by atoms with van der Waals surface area (Å²) in [5.74, 6) is 1.70. The Hall–Kier alpha value is -4.77. The zero-order valence-corrected chi connectivity index (χ0v) is 23.3. The normalized spacial score (nSPS) is 16.0. The number of morpholine rings is 1. The van der Waals surface area contributed by atoms with Gasteiger partial charge in [0.15, 0.2) is 11.5 Å². The van der Waals surface area contributed by atoms with Gasteiger partial charge < -0.3 is 24.5 Å². The number of hydrogen-bond donors (Lipinski definition) is 1. The number of anilines is 2. The number of benzene rings is 1. The summed E-state index contributed by atoms with van der Waals surface area (Å²) >= 11 is 0. The molecule has 11 heteroatoms. The van der Waals surface area contributed by atoms with E-state index in [9.17, 15) is 9.90 Å². The van der Waals surface area contributed by atoms with E-state index in [0.29, 0.717) is 39.4 Å². The number of ether oxygens (including phenoxy) is 1. The van der Waals surface area contributed by atoms with Crippen molar-refractivity contribution in [2.45, 2.75) is 12.8 Å². The molecule has 0 radical (unpaired) electrons. The molecule has 2 saturated heterocycles. The van der Waals surface area contributed by atoms with E-state index < -0.39 is 6.09 Å². The predicted molar refractivity (Wildman–Crippen MR) is 160 cm³/mol. The first-order chi connectivity index (χ1) is 20.6.